The fraction of sp³-hybridized carbons (Fsp3) is 0.250. The molecule has 0 aliphatic carbocycles. The molecule has 1 aromatic rings. The van der Waals surface area contributed by atoms with Crippen LogP contribution in [0.4, 0.5) is 8.78 Å². The van der Waals surface area contributed by atoms with Gasteiger partial charge in [-0.2, -0.15) is 8.78 Å². The van der Waals surface area contributed by atoms with Crippen molar-refractivity contribution in [3.8, 4) is 5.75 Å². The quantitative estimate of drug-likeness (QED) is 0.798. The van der Waals surface area contributed by atoms with Crippen molar-refractivity contribution in [2.75, 3.05) is 0 Å². The Kier molecular flexibility index (Phi) is 3.17. The Morgan fingerprint density at radius 1 is 1.50 bits per heavy atom. The van der Waals surface area contributed by atoms with Crippen LogP contribution in [0.25, 0.3) is 0 Å². The van der Waals surface area contributed by atoms with Crippen LogP contribution >= 0.6 is 0 Å². The third kappa shape index (κ3) is 3.39. The number of ether oxygens (including phenoxy) is 1. The van der Waals surface area contributed by atoms with Crippen LogP contribution in [0.15, 0.2) is 29.2 Å². The average Bonchev–Trinajstić information content (AvgIpc) is 2.01. The number of alkyl halides is 2. The van der Waals surface area contributed by atoms with Gasteiger partial charge < -0.3 is 9.29 Å². The zero-order chi connectivity index (χ0) is 10.8. The fourth-order valence-corrected chi connectivity index (χ4v) is 1.27. The molecule has 0 amide bonds. The van der Waals surface area contributed by atoms with Crippen molar-refractivity contribution < 1.29 is 22.3 Å². The molecular formula is C8H8F2O3S. The molecule has 14 heavy (non-hydrogen) atoms. The topological polar surface area (TPSA) is 46.5 Å². The molecule has 0 heterocycles. The van der Waals surface area contributed by atoms with Crippen LogP contribution in [0.1, 0.15) is 6.92 Å². The second kappa shape index (κ2) is 4.02. The minimum absolute atomic E-state index is 0.0201. The lowest BCUT2D eigenvalue weighted by Crippen LogP contribution is -2.19. The maximum atomic E-state index is 12.4. The number of hydrogen-bond acceptors (Lipinski definition) is 2. The molecule has 0 fully saturated rings. The Morgan fingerprint density at radius 3 is 2.64 bits per heavy atom. The second-order valence-corrected chi connectivity index (χ2v) is 3.60. The van der Waals surface area contributed by atoms with Gasteiger partial charge in [0, 0.05) is 6.92 Å². The maximum Gasteiger partial charge on any atom is 0.394 e. The normalized spacial score (nSPS) is 13.7. The summed E-state index contributed by atoms with van der Waals surface area (Å²) in [5, 5.41) is 0. The first-order valence-corrected chi connectivity index (χ1v) is 4.77. The highest BCUT2D eigenvalue weighted by atomic mass is 32.2. The van der Waals surface area contributed by atoms with Crippen molar-refractivity contribution in [1.29, 1.82) is 0 Å². The molecule has 0 radical (unpaired) electrons. The molecule has 1 rings (SSSR count). The van der Waals surface area contributed by atoms with E-state index in [1.54, 1.807) is 0 Å². The largest absolute Gasteiger partial charge is 0.433 e. The van der Waals surface area contributed by atoms with Gasteiger partial charge in [0.2, 0.25) is 0 Å². The summed E-state index contributed by atoms with van der Waals surface area (Å²) < 4.78 is 48.2. The third-order valence-electron chi connectivity index (χ3n) is 1.30. The van der Waals surface area contributed by atoms with Crippen LogP contribution in [0.3, 0.4) is 0 Å². The zero-order valence-corrected chi connectivity index (χ0v) is 8.05. The zero-order valence-electron chi connectivity index (χ0n) is 7.24. The van der Waals surface area contributed by atoms with E-state index < -0.39 is 17.2 Å². The Bertz CT molecular complexity index is 349. The molecule has 3 nitrogen and oxygen atoms in total. The van der Waals surface area contributed by atoms with E-state index in [1.807, 2.05) is 0 Å². The van der Waals surface area contributed by atoms with Crippen LogP contribution < -0.4 is 4.74 Å². The van der Waals surface area contributed by atoms with Crippen molar-refractivity contribution >= 4 is 11.1 Å². The van der Waals surface area contributed by atoms with E-state index in [4.69, 9.17) is 4.55 Å². The minimum atomic E-state index is -3.30. The Morgan fingerprint density at radius 2 is 2.14 bits per heavy atom. The molecule has 0 aliphatic heterocycles. The van der Waals surface area contributed by atoms with Crippen molar-refractivity contribution in [3.63, 3.8) is 0 Å². The summed E-state index contributed by atoms with van der Waals surface area (Å²) >= 11 is -2.19. The van der Waals surface area contributed by atoms with E-state index in [9.17, 15) is 13.0 Å². The Balaban J connectivity index is 2.89. The standard InChI is InChI=1S/C8H8F2O3S/c1-8(9,10)13-6-3-2-4-7(5-6)14(11)12/h2-5H,1H3,(H,11,12). The van der Waals surface area contributed by atoms with Gasteiger partial charge >= 0.3 is 6.11 Å². The summed E-state index contributed by atoms with van der Waals surface area (Å²) in [6, 6.07) is 5.09. The first-order valence-electron chi connectivity index (χ1n) is 3.66. The highest BCUT2D eigenvalue weighted by Gasteiger charge is 2.23. The van der Waals surface area contributed by atoms with E-state index in [0.29, 0.717) is 6.92 Å². The molecule has 1 aromatic carbocycles. The van der Waals surface area contributed by atoms with Gasteiger partial charge in [0.1, 0.15) is 5.75 Å². The van der Waals surface area contributed by atoms with Crippen molar-refractivity contribution in [2.24, 2.45) is 0 Å². The van der Waals surface area contributed by atoms with Crippen LogP contribution in [-0.4, -0.2) is 14.9 Å². The molecule has 0 saturated heterocycles. The van der Waals surface area contributed by atoms with Gasteiger partial charge in [-0.15, -0.1) is 0 Å². The molecule has 0 saturated carbocycles. The molecular weight excluding hydrogens is 214 g/mol. The fourth-order valence-electron chi connectivity index (χ4n) is 0.853. The third-order valence-corrected chi connectivity index (χ3v) is 1.96. The van der Waals surface area contributed by atoms with Gasteiger partial charge in [0.25, 0.3) is 0 Å². The van der Waals surface area contributed by atoms with Gasteiger partial charge in [-0.1, -0.05) is 6.07 Å². The van der Waals surface area contributed by atoms with Gasteiger partial charge in [-0.25, -0.2) is 4.21 Å². The van der Waals surface area contributed by atoms with Crippen molar-refractivity contribution in [2.45, 2.75) is 17.9 Å². The molecule has 6 heteroatoms. The molecule has 0 aliphatic rings. The Hall–Kier alpha value is -1.01. The minimum Gasteiger partial charge on any atom is -0.433 e. The summed E-state index contributed by atoms with van der Waals surface area (Å²) in [5.41, 5.74) is 0. The van der Waals surface area contributed by atoms with Crippen molar-refractivity contribution in [1.82, 2.24) is 0 Å². The maximum absolute atomic E-state index is 12.4. The van der Waals surface area contributed by atoms with Gasteiger partial charge in [0.15, 0.2) is 11.1 Å². The molecule has 78 valence electrons. The monoisotopic (exact) mass is 222 g/mol. The number of hydrogen-bond donors (Lipinski definition) is 1. The van der Waals surface area contributed by atoms with Crippen LogP contribution in [0, 0.1) is 0 Å². The lowest BCUT2D eigenvalue weighted by molar-refractivity contribution is -0.159. The van der Waals surface area contributed by atoms with Gasteiger partial charge in [-0.05, 0) is 18.2 Å². The molecule has 0 bridgehead atoms. The summed E-state index contributed by atoms with van der Waals surface area (Å²) in [6.45, 7) is 0.593. The number of halogens is 2. The van der Waals surface area contributed by atoms with Crippen LogP contribution in [0.5, 0.6) is 5.75 Å². The molecule has 0 aromatic heterocycles. The molecule has 1 N–H and O–H groups in total. The Labute approximate surface area is 82.0 Å². The second-order valence-electron chi connectivity index (χ2n) is 2.63. The number of benzene rings is 1. The van der Waals surface area contributed by atoms with E-state index in [1.165, 1.54) is 18.2 Å². The smallest absolute Gasteiger partial charge is 0.394 e. The van der Waals surface area contributed by atoms with Gasteiger partial charge in [0.05, 0.1) is 4.90 Å². The average molecular weight is 222 g/mol. The first kappa shape index (κ1) is 11.1. The van der Waals surface area contributed by atoms with E-state index in [2.05, 4.69) is 4.74 Å². The predicted molar refractivity (Wildman–Crippen MR) is 46.7 cm³/mol. The van der Waals surface area contributed by atoms with Crippen molar-refractivity contribution in [3.05, 3.63) is 24.3 Å². The lowest BCUT2D eigenvalue weighted by Gasteiger charge is -2.12. The summed E-state index contributed by atoms with van der Waals surface area (Å²) in [5.74, 6) is -0.141. The summed E-state index contributed by atoms with van der Waals surface area (Å²) in [7, 11) is 0. The van der Waals surface area contributed by atoms with Gasteiger partial charge in [-0.3, -0.25) is 0 Å². The van der Waals surface area contributed by atoms with E-state index >= 15 is 0 Å². The highest BCUT2D eigenvalue weighted by molar-refractivity contribution is 7.79. The summed E-state index contributed by atoms with van der Waals surface area (Å²) in [4.78, 5) is 0.0201. The lowest BCUT2D eigenvalue weighted by atomic mass is 10.3. The van der Waals surface area contributed by atoms with E-state index in [-0.39, 0.29) is 10.6 Å². The number of rotatable bonds is 3. The first-order chi connectivity index (χ1) is 6.38. The SMILES string of the molecule is CC(F)(F)Oc1cccc(S(=O)O)c1. The molecule has 1 atom stereocenters. The highest BCUT2D eigenvalue weighted by Crippen LogP contribution is 2.22. The molecule has 1 unspecified atom stereocenters. The summed E-state index contributed by atoms with van der Waals surface area (Å²) in [6.07, 6.45) is -3.30. The predicted octanol–water partition coefficient (Wildman–Crippen LogP) is 2.26. The van der Waals surface area contributed by atoms with Crippen LogP contribution in [-0.2, 0) is 11.1 Å². The van der Waals surface area contributed by atoms with Crippen LogP contribution in [0.2, 0.25) is 0 Å². The molecule has 0 spiro atoms. The van der Waals surface area contributed by atoms with E-state index in [0.717, 1.165) is 6.07 Å².